The zero-order valence-electron chi connectivity index (χ0n) is 14.7. The molecule has 0 unspecified atom stereocenters. The van der Waals surface area contributed by atoms with Crippen LogP contribution in [-0.4, -0.2) is 48.7 Å². The lowest BCUT2D eigenvalue weighted by Gasteiger charge is -2.39. The molecule has 25 heavy (non-hydrogen) atoms. The summed E-state index contributed by atoms with van der Waals surface area (Å²) in [6, 6.07) is 3.57. The first-order valence-corrected chi connectivity index (χ1v) is 8.82. The van der Waals surface area contributed by atoms with E-state index in [4.69, 9.17) is 9.47 Å². The van der Waals surface area contributed by atoms with Crippen molar-refractivity contribution in [3.8, 4) is 5.75 Å². The van der Waals surface area contributed by atoms with Crippen molar-refractivity contribution in [2.75, 3.05) is 13.7 Å². The Morgan fingerprint density at radius 2 is 1.88 bits per heavy atom. The van der Waals surface area contributed by atoms with Crippen LogP contribution in [-0.2, 0) is 9.53 Å². The Bertz CT molecular complexity index is 607. The molecular formula is C18H25N3O4. The lowest BCUT2D eigenvalue weighted by Crippen LogP contribution is -2.56. The summed E-state index contributed by atoms with van der Waals surface area (Å²) in [4.78, 5) is 28.3. The van der Waals surface area contributed by atoms with E-state index in [1.165, 1.54) is 6.20 Å². The third-order valence-corrected chi connectivity index (χ3v) is 4.89. The lowest BCUT2D eigenvalue weighted by molar-refractivity contribution is -0.135. The number of carbonyl (C=O) groups excluding carboxylic acids is 2. The standard InChI is InChI=1S/C18H25N3O4/c1-3-25-15-6-11(7-15)17(22)20-12-8-13(9-12)21-18(23)16-5-4-14(24-2)10-19-16/h4-5,10-13,15H,3,6-9H2,1-2H3,(H,20,22)(H,21,23). The molecule has 1 aromatic rings. The van der Waals surface area contributed by atoms with E-state index in [-0.39, 0.29) is 35.9 Å². The fraction of sp³-hybridized carbons (Fsp3) is 0.611. The number of amides is 2. The van der Waals surface area contributed by atoms with Crippen LogP contribution >= 0.6 is 0 Å². The Morgan fingerprint density at radius 3 is 2.48 bits per heavy atom. The first-order chi connectivity index (χ1) is 12.1. The predicted molar refractivity (Wildman–Crippen MR) is 91.3 cm³/mol. The molecule has 0 saturated heterocycles. The smallest absolute Gasteiger partial charge is 0.270 e. The number of rotatable bonds is 7. The highest BCUT2D eigenvalue weighted by atomic mass is 16.5. The van der Waals surface area contributed by atoms with Crippen LogP contribution in [0.1, 0.15) is 43.1 Å². The Labute approximate surface area is 147 Å². The highest BCUT2D eigenvalue weighted by molar-refractivity contribution is 5.92. The van der Waals surface area contributed by atoms with Gasteiger partial charge in [0.1, 0.15) is 11.4 Å². The van der Waals surface area contributed by atoms with Gasteiger partial charge in [0.2, 0.25) is 5.91 Å². The van der Waals surface area contributed by atoms with Gasteiger partial charge in [0.15, 0.2) is 0 Å². The summed E-state index contributed by atoms with van der Waals surface area (Å²) in [6.07, 6.45) is 4.91. The third-order valence-electron chi connectivity index (χ3n) is 4.89. The maximum atomic E-state index is 12.1. The number of pyridine rings is 1. The number of carbonyl (C=O) groups is 2. The van der Waals surface area contributed by atoms with Gasteiger partial charge in [-0.15, -0.1) is 0 Å². The van der Waals surface area contributed by atoms with Crippen LogP contribution in [0.25, 0.3) is 0 Å². The first kappa shape index (κ1) is 17.7. The van der Waals surface area contributed by atoms with E-state index in [1.807, 2.05) is 6.92 Å². The number of aromatic nitrogens is 1. The molecule has 7 heteroatoms. The van der Waals surface area contributed by atoms with Crippen LogP contribution in [0, 0.1) is 5.92 Å². The highest BCUT2D eigenvalue weighted by Gasteiger charge is 2.38. The average Bonchev–Trinajstić information content (AvgIpc) is 2.55. The van der Waals surface area contributed by atoms with Gasteiger partial charge < -0.3 is 20.1 Å². The summed E-state index contributed by atoms with van der Waals surface area (Å²) < 4.78 is 10.5. The molecular weight excluding hydrogens is 322 g/mol. The summed E-state index contributed by atoms with van der Waals surface area (Å²) in [5.74, 6) is 0.609. The molecule has 7 nitrogen and oxygen atoms in total. The fourth-order valence-electron chi connectivity index (χ4n) is 3.22. The Balaban J connectivity index is 1.35. The van der Waals surface area contributed by atoms with Crippen molar-refractivity contribution in [2.45, 2.75) is 50.8 Å². The molecule has 1 aromatic heterocycles. The number of hydrogen-bond acceptors (Lipinski definition) is 5. The van der Waals surface area contributed by atoms with Crippen LogP contribution in [0.3, 0.4) is 0 Å². The Morgan fingerprint density at radius 1 is 1.16 bits per heavy atom. The number of ether oxygens (including phenoxy) is 2. The predicted octanol–water partition coefficient (Wildman–Crippen LogP) is 1.28. The van der Waals surface area contributed by atoms with E-state index < -0.39 is 0 Å². The molecule has 1 heterocycles. The SMILES string of the molecule is CCOC1CC(C(=O)NC2CC(NC(=O)c3ccc(OC)cn3)C2)C1. The quantitative estimate of drug-likeness (QED) is 0.776. The molecule has 2 aliphatic rings. The molecule has 2 fully saturated rings. The highest BCUT2D eigenvalue weighted by Crippen LogP contribution is 2.31. The van der Waals surface area contributed by atoms with Gasteiger partial charge in [-0.1, -0.05) is 0 Å². The summed E-state index contributed by atoms with van der Waals surface area (Å²) in [6.45, 7) is 2.67. The van der Waals surface area contributed by atoms with Gasteiger partial charge in [0, 0.05) is 24.6 Å². The van der Waals surface area contributed by atoms with E-state index >= 15 is 0 Å². The molecule has 0 atom stereocenters. The second-order valence-corrected chi connectivity index (χ2v) is 6.68. The van der Waals surface area contributed by atoms with Crippen LogP contribution in [0.15, 0.2) is 18.3 Å². The number of nitrogens with one attached hydrogen (secondary N) is 2. The van der Waals surface area contributed by atoms with Crippen LogP contribution in [0.4, 0.5) is 0 Å². The van der Waals surface area contributed by atoms with Crippen LogP contribution in [0.5, 0.6) is 5.75 Å². The number of hydrogen-bond donors (Lipinski definition) is 2. The van der Waals surface area contributed by atoms with E-state index in [9.17, 15) is 9.59 Å². The molecule has 3 rings (SSSR count). The van der Waals surface area contributed by atoms with Gasteiger partial charge in [-0.2, -0.15) is 0 Å². The molecule has 0 radical (unpaired) electrons. The molecule has 2 amide bonds. The van der Waals surface area contributed by atoms with E-state index in [0.717, 1.165) is 25.7 Å². The van der Waals surface area contributed by atoms with Crippen molar-refractivity contribution in [1.29, 1.82) is 0 Å². The molecule has 0 aromatic carbocycles. The van der Waals surface area contributed by atoms with E-state index in [2.05, 4.69) is 15.6 Å². The van der Waals surface area contributed by atoms with Gasteiger partial charge in [-0.3, -0.25) is 9.59 Å². The normalized spacial score (nSPS) is 27.6. The number of methoxy groups -OCH3 is 1. The second kappa shape index (κ2) is 7.82. The largest absolute Gasteiger partial charge is 0.495 e. The van der Waals surface area contributed by atoms with Crippen molar-refractivity contribution >= 4 is 11.8 Å². The minimum Gasteiger partial charge on any atom is -0.495 e. The Kier molecular flexibility index (Phi) is 5.53. The molecule has 2 aliphatic carbocycles. The molecule has 136 valence electrons. The van der Waals surface area contributed by atoms with Gasteiger partial charge in [-0.05, 0) is 44.7 Å². The minimum atomic E-state index is -0.198. The van der Waals surface area contributed by atoms with Crippen molar-refractivity contribution < 1.29 is 19.1 Å². The van der Waals surface area contributed by atoms with Crippen LogP contribution < -0.4 is 15.4 Å². The van der Waals surface area contributed by atoms with Crippen molar-refractivity contribution in [3.63, 3.8) is 0 Å². The topological polar surface area (TPSA) is 89.6 Å². The first-order valence-electron chi connectivity index (χ1n) is 8.82. The van der Waals surface area contributed by atoms with Crippen molar-refractivity contribution in [3.05, 3.63) is 24.0 Å². The molecule has 0 spiro atoms. The summed E-state index contributed by atoms with van der Waals surface area (Å²) in [7, 11) is 1.56. The van der Waals surface area contributed by atoms with Gasteiger partial charge in [0.25, 0.3) is 5.91 Å². The fourth-order valence-corrected chi connectivity index (χ4v) is 3.22. The van der Waals surface area contributed by atoms with Crippen LogP contribution in [0.2, 0.25) is 0 Å². The molecule has 2 saturated carbocycles. The number of nitrogens with zero attached hydrogens (tertiary/aromatic N) is 1. The Hall–Kier alpha value is -2.15. The monoisotopic (exact) mass is 347 g/mol. The van der Waals surface area contributed by atoms with Gasteiger partial charge in [-0.25, -0.2) is 4.98 Å². The van der Waals surface area contributed by atoms with E-state index in [1.54, 1.807) is 19.2 Å². The zero-order chi connectivity index (χ0) is 17.8. The maximum Gasteiger partial charge on any atom is 0.270 e. The molecule has 2 N–H and O–H groups in total. The third kappa shape index (κ3) is 4.28. The average molecular weight is 347 g/mol. The molecule has 0 bridgehead atoms. The molecule has 0 aliphatic heterocycles. The summed E-state index contributed by atoms with van der Waals surface area (Å²) in [5.41, 5.74) is 0.365. The van der Waals surface area contributed by atoms with Crippen molar-refractivity contribution in [1.82, 2.24) is 15.6 Å². The second-order valence-electron chi connectivity index (χ2n) is 6.68. The summed E-state index contributed by atoms with van der Waals surface area (Å²) in [5, 5.41) is 6.00. The van der Waals surface area contributed by atoms with Gasteiger partial charge >= 0.3 is 0 Å². The van der Waals surface area contributed by atoms with Gasteiger partial charge in [0.05, 0.1) is 19.4 Å². The zero-order valence-corrected chi connectivity index (χ0v) is 14.7. The van der Waals surface area contributed by atoms with Crippen molar-refractivity contribution in [2.24, 2.45) is 5.92 Å². The summed E-state index contributed by atoms with van der Waals surface area (Å²) >= 11 is 0. The lowest BCUT2D eigenvalue weighted by atomic mass is 9.80. The minimum absolute atomic E-state index is 0.0775. The maximum absolute atomic E-state index is 12.1. The van der Waals surface area contributed by atoms with E-state index in [0.29, 0.717) is 18.1 Å².